The van der Waals surface area contributed by atoms with Crippen molar-refractivity contribution >= 4 is 104 Å². The normalized spacial score (nSPS) is 12.3. The molecule has 0 spiro atoms. The Morgan fingerprint density at radius 2 is 0.922 bits per heavy atom. The third kappa shape index (κ3) is 6.56. The molecule has 77 heavy (non-hydrogen) atoms. The predicted octanol–water partition coefficient (Wildman–Crippen LogP) is 17.7. The maximum absolute atomic E-state index is 12.4. The molecule has 0 unspecified atom stereocenters. The van der Waals surface area contributed by atoms with Crippen LogP contribution in [0, 0.1) is 43.4 Å². The van der Waals surface area contributed by atoms with E-state index in [4.69, 9.17) is 4.42 Å². The number of hydrogen-bond donors (Lipinski definition) is 1. The standard InChI is InChI=1S/C69H46N6O2/c1-41-31-34-60-52(37-41)45(20-8-6-5-7-19-43(3)76)44(4)72(60)66-54(39-70)55(40-71)67(75-61-35-32-42(2)38-53(61)50-33-36-63-64(65(50)75)51-25-13-18-30-62(51)77-63)69(74-58-28-16-11-23-48(58)49-24-12-17-29-59(49)74)68(66)73-56-26-14-9-21-46(56)47-22-10-15-27-57(47)73/h5-38,76H,3H2,1-2,4H3/b6-5?,19-7-,20-8?. The van der Waals surface area contributed by atoms with Crippen molar-refractivity contribution in [2.24, 2.45) is 0 Å². The average Bonchev–Trinajstić information content (AvgIpc) is 4.45. The lowest BCUT2D eigenvalue weighted by Gasteiger charge is -2.28. The minimum Gasteiger partial charge on any atom is -0.509 e. The van der Waals surface area contributed by atoms with Gasteiger partial charge in [-0.15, -0.1) is 0 Å². The number of benzene rings is 9. The molecule has 0 amide bonds. The van der Waals surface area contributed by atoms with Crippen molar-refractivity contribution in [3.8, 4) is 34.9 Å². The van der Waals surface area contributed by atoms with Crippen LogP contribution in [0.2, 0.25) is 0 Å². The van der Waals surface area contributed by atoms with Crippen LogP contribution in [0.3, 0.4) is 0 Å². The summed E-state index contributed by atoms with van der Waals surface area (Å²) in [6, 6.07) is 64.7. The predicted molar refractivity (Wildman–Crippen MR) is 316 cm³/mol. The number of rotatable bonds is 8. The number of nitrogens with zero attached hydrogens (tertiary/aromatic N) is 6. The van der Waals surface area contributed by atoms with Crippen LogP contribution in [0.15, 0.2) is 217 Å². The second-order valence-electron chi connectivity index (χ2n) is 19.8. The van der Waals surface area contributed by atoms with Crippen LogP contribution in [0.25, 0.3) is 127 Å². The molecular weight excluding hydrogens is 945 g/mol. The van der Waals surface area contributed by atoms with Crippen molar-refractivity contribution in [2.75, 3.05) is 0 Å². The van der Waals surface area contributed by atoms with Gasteiger partial charge in [-0.25, -0.2) is 0 Å². The summed E-state index contributed by atoms with van der Waals surface area (Å²) in [5.41, 5.74) is 14.8. The summed E-state index contributed by atoms with van der Waals surface area (Å²) >= 11 is 0. The third-order valence-corrected chi connectivity index (χ3v) is 15.4. The zero-order chi connectivity index (χ0) is 52.2. The van der Waals surface area contributed by atoms with Gasteiger partial charge in [0.25, 0.3) is 0 Å². The van der Waals surface area contributed by atoms with Crippen molar-refractivity contribution in [3.05, 3.63) is 246 Å². The Hall–Kier alpha value is -10.5. The van der Waals surface area contributed by atoms with Gasteiger partial charge in [-0.2, -0.15) is 10.5 Å². The van der Waals surface area contributed by atoms with Crippen LogP contribution in [0.5, 0.6) is 0 Å². The van der Waals surface area contributed by atoms with Crippen LogP contribution in [-0.4, -0.2) is 23.4 Å². The fraction of sp³-hybridized carbons (Fsp3) is 0.0435. The van der Waals surface area contributed by atoms with Gasteiger partial charge in [-0.3, -0.25) is 0 Å². The van der Waals surface area contributed by atoms with Gasteiger partial charge in [0.2, 0.25) is 0 Å². The molecule has 1 N–H and O–H groups in total. The number of aryl methyl sites for hydroxylation is 2. The van der Waals surface area contributed by atoms with E-state index in [1.165, 1.54) is 6.08 Å². The average molecular weight is 991 g/mol. The second-order valence-corrected chi connectivity index (χ2v) is 19.8. The smallest absolute Gasteiger partial charge is 0.137 e. The molecule has 5 aromatic heterocycles. The summed E-state index contributed by atoms with van der Waals surface area (Å²) in [7, 11) is 0. The number of fused-ring (bicyclic) bond motifs is 14. The van der Waals surface area contributed by atoms with E-state index in [-0.39, 0.29) is 16.9 Å². The third-order valence-electron chi connectivity index (χ3n) is 15.4. The molecule has 0 aliphatic rings. The van der Waals surface area contributed by atoms with Gasteiger partial charge in [0.1, 0.15) is 29.1 Å². The van der Waals surface area contributed by atoms with Crippen molar-refractivity contribution in [1.82, 2.24) is 18.3 Å². The van der Waals surface area contributed by atoms with E-state index in [1.54, 1.807) is 6.08 Å². The summed E-state index contributed by atoms with van der Waals surface area (Å²) < 4.78 is 15.9. The molecule has 0 aliphatic carbocycles. The minimum absolute atomic E-state index is 0.0279. The number of para-hydroxylation sites is 5. The van der Waals surface area contributed by atoms with Gasteiger partial charge < -0.3 is 27.8 Å². The number of aromatic nitrogens is 4. The number of allylic oxidation sites excluding steroid dienone is 5. The molecule has 0 saturated carbocycles. The number of aliphatic hydroxyl groups excluding tert-OH is 1. The van der Waals surface area contributed by atoms with Crippen LogP contribution >= 0.6 is 0 Å². The fourth-order valence-corrected chi connectivity index (χ4v) is 12.3. The molecule has 0 fully saturated rings. The highest BCUT2D eigenvalue weighted by Crippen LogP contribution is 2.50. The number of hydrogen-bond acceptors (Lipinski definition) is 4. The molecule has 0 atom stereocenters. The lowest BCUT2D eigenvalue weighted by atomic mass is 9.98. The first kappa shape index (κ1) is 45.1. The summed E-state index contributed by atoms with van der Waals surface area (Å²) in [5, 5.41) is 43.5. The molecule has 8 nitrogen and oxygen atoms in total. The molecule has 14 rings (SSSR count). The first-order chi connectivity index (χ1) is 37.7. The molecular formula is C69H46N6O2. The Labute approximate surface area is 442 Å². The van der Waals surface area contributed by atoms with Crippen LogP contribution in [0.1, 0.15) is 33.5 Å². The van der Waals surface area contributed by atoms with E-state index in [0.717, 1.165) is 121 Å². The van der Waals surface area contributed by atoms with Crippen molar-refractivity contribution in [3.63, 3.8) is 0 Å². The highest BCUT2D eigenvalue weighted by Gasteiger charge is 2.35. The largest absolute Gasteiger partial charge is 0.509 e. The van der Waals surface area contributed by atoms with Gasteiger partial charge in [0.05, 0.1) is 77.9 Å². The molecule has 0 saturated heterocycles. The molecule has 0 radical (unpaired) electrons. The van der Waals surface area contributed by atoms with E-state index in [1.807, 2.05) is 36.4 Å². The number of aliphatic hydroxyl groups is 1. The zero-order valence-corrected chi connectivity index (χ0v) is 42.4. The monoisotopic (exact) mass is 990 g/mol. The van der Waals surface area contributed by atoms with Gasteiger partial charge in [0, 0.05) is 54.3 Å². The van der Waals surface area contributed by atoms with Crippen molar-refractivity contribution in [1.29, 1.82) is 10.5 Å². The lowest BCUT2D eigenvalue weighted by molar-refractivity contribution is 0.435. The Kier molecular flexibility index (Phi) is 10.1. The zero-order valence-electron chi connectivity index (χ0n) is 42.4. The van der Waals surface area contributed by atoms with Gasteiger partial charge in [-0.1, -0.05) is 151 Å². The Balaban J connectivity index is 1.30. The molecule has 5 heterocycles. The van der Waals surface area contributed by atoms with Crippen molar-refractivity contribution in [2.45, 2.75) is 20.8 Å². The van der Waals surface area contributed by atoms with Crippen LogP contribution < -0.4 is 0 Å². The van der Waals surface area contributed by atoms with E-state index in [2.05, 4.69) is 215 Å². The molecule has 364 valence electrons. The second kappa shape index (κ2) is 17.3. The molecule has 9 aromatic carbocycles. The van der Waals surface area contributed by atoms with Crippen LogP contribution in [-0.2, 0) is 0 Å². The summed E-state index contributed by atoms with van der Waals surface area (Å²) in [5.74, 6) is -0.0279. The molecule has 8 heteroatoms. The quantitative estimate of drug-likeness (QED) is 0.121. The van der Waals surface area contributed by atoms with E-state index >= 15 is 0 Å². The van der Waals surface area contributed by atoms with Crippen LogP contribution in [0.4, 0.5) is 0 Å². The maximum Gasteiger partial charge on any atom is 0.137 e. The Morgan fingerprint density at radius 1 is 0.455 bits per heavy atom. The number of nitriles is 2. The highest BCUT2D eigenvalue weighted by atomic mass is 16.3. The summed E-state index contributed by atoms with van der Waals surface area (Å²) in [6.07, 6.45) is 11.1. The maximum atomic E-state index is 12.4. The highest BCUT2D eigenvalue weighted by molar-refractivity contribution is 6.25. The Bertz CT molecular complexity index is 4980. The summed E-state index contributed by atoms with van der Waals surface area (Å²) in [4.78, 5) is 0. The first-order valence-electron chi connectivity index (χ1n) is 25.6. The van der Waals surface area contributed by atoms with Gasteiger partial charge >= 0.3 is 0 Å². The summed E-state index contributed by atoms with van der Waals surface area (Å²) in [6.45, 7) is 9.87. The van der Waals surface area contributed by atoms with Crippen molar-refractivity contribution < 1.29 is 9.52 Å². The minimum atomic E-state index is -0.0279. The molecule has 0 bridgehead atoms. The Morgan fingerprint density at radius 3 is 1.47 bits per heavy atom. The molecule has 14 aromatic rings. The van der Waals surface area contributed by atoms with E-state index in [9.17, 15) is 15.6 Å². The number of furan rings is 1. The van der Waals surface area contributed by atoms with Gasteiger partial charge in [0.15, 0.2) is 0 Å². The van der Waals surface area contributed by atoms with Gasteiger partial charge in [-0.05, 0) is 93.6 Å². The fourth-order valence-electron chi connectivity index (χ4n) is 12.3. The van der Waals surface area contributed by atoms with E-state index in [0.29, 0.717) is 22.6 Å². The lowest BCUT2D eigenvalue weighted by Crippen LogP contribution is -2.17. The molecule has 0 aliphatic heterocycles. The van der Waals surface area contributed by atoms with E-state index < -0.39 is 0 Å². The SMILES string of the molecule is C=C(O)/C=C\C=CC=Cc1c(C)n(-c2c(C#N)c(C#N)c(-n3c4ccc(C)cc4c4ccc5oc6ccccc6c5c43)c(-n3c4ccccc4c4ccccc43)c2-n2c3ccccc3c3ccccc32)c2ccc(C)cc12. The first-order valence-corrected chi connectivity index (χ1v) is 25.6. The topological polar surface area (TPSA) is 101 Å².